The number of benzene rings is 1. The number of ether oxygens (including phenoxy) is 2. The van der Waals surface area contributed by atoms with E-state index in [1.807, 2.05) is 0 Å². The standard InChI is InChI=1S/C25H26ClN5O5/c1-25(2,3)36-24(34)29-19-10-11-20(26)30-21(19)31-22(32)18-8-6-16(7-9-18)14-28-23(33)35-15-17-5-4-12-27-13-17/h4-13H,14-15H2,1-3H3,(H,28,33)(H,29,34)(H,30,31,32). The Morgan fingerprint density at radius 3 is 2.36 bits per heavy atom. The molecule has 0 atom stereocenters. The Morgan fingerprint density at radius 2 is 1.69 bits per heavy atom. The van der Waals surface area contributed by atoms with Crippen molar-refractivity contribution in [2.75, 3.05) is 10.6 Å². The summed E-state index contributed by atoms with van der Waals surface area (Å²) < 4.78 is 10.4. The van der Waals surface area contributed by atoms with E-state index in [-0.39, 0.29) is 29.8 Å². The van der Waals surface area contributed by atoms with Crippen molar-refractivity contribution in [2.24, 2.45) is 0 Å². The van der Waals surface area contributed by atoms with Gasteiger partial charge < -0.3 is 20.1 Å². The highest BCUT2D eigenvalue weighted by Gasteiger charge is 2.19. The molecule has 0 spiro atoms. The number of pyridine rings is 2. The zero-order valence-corrected chi connectivity index (χ0v) is 20.8. The number of carbonyl (C=O) groups is 3. The first-order valence-corrected chi connectivity index (χ1v) is 11.3. The lowest BCUT2D eigenvalue weighted by atomic mass is 10.1. The number of anilines is 2. The molecule has 0 radical (unpaired) electrons. The number of hydrogen-bond donors (Lipinski definition) is 3. The van der Waals surface area contributed by atoms with Gasteiger partial charge in [0.15, 0.2) is 5.82 Å². The first-order chi connectivity index (χ1) is 17.1. The number of halogens is 1. The number of hydrogen-bond acceptors (Lipinski definition) is 7. The zero-order valence-electron chi connectivity index (χ0n) is 20.0. The quantitative estimate of drug-likeness (QED) is 0.373. The molecule has 0 fully saturated rings. The van der Waals surface area contributed by atoms with Crippen LogP contribution in [0.5, 0.6) is 0 Å². The number of alkyl carbamates (subject to hydrolysis) is 1. The molecular formula is C25H26ClN5O5. The van der Waals surface area contributed by atoms with Gasteiger partial charge >= 0.3 is 12.2 Å². The fraction of sp³-hybridized carbons (Fsp3) is 0.240. The number of nitrogens with zero attached hydrogens (tertiary/aromatic N) is 2. The van der Waals surface area contributed by atoms with Crippen LogP contribution in [0, 0.1) is 0 Å². The highest BCUT2D eigenvalue weighted by atomic mass is 35.5. The first-order valence-electron chi connectivity index (χ1n) is 11.0. The van der Waals surface area contributed by atoms with E-state index in [0.717, 1.165) is 11.1 Å². The average molecular weight is 512 g/mol. The Hall–Kier alpha value is -4.18. The van der Waals surface area contributed by atoms with E-state index in [9.17, 15) is 14.4 Å². The molecule has 36 heavy (non-hydrogen) atoms. The fourth-order valence-electron chi connectivity index (χ4n) is 2.86. The molecular weight excluding hydrogens is 486 g/mol. The van der Waals surface area contributed by atoms with Crippen LogP contribution in [-0.4, -0.2) is 33.7 Å². The van der Waals surface area contributed by atoms with Crippen molar-refractivity contribution >= 4 is 41.2 Å². The Balaban J connectivity index is 1.55. The van der Waals surface area contributed by atoms with Crippen LogP contribution in [-0.2, 0) is 22.6 Å². The summed E-state index contributed by atoms with van der Waals surface area (Å²) in [6, 6.07) is 13.1. The number of nitrogens with one attached hydrogen (secondary N) is 3. The molecule has 10 nitrogen and oxygen atoms in total. The Kier molecular flexibility index (Phi) is 8.80. The predicted molar refractivity (Wildman–Crippen MR) is 135 cm³/mol. The van der Waals surface area contributed by atoms with Crippen LogP contribution in [0.15, 0.2) is 60.9 Å². The van der Waals surface area contributed by atoms with Gasteiger partial charge in [0.25, 0.3) is 5.91 Å². The minimum atomic E-state index is -0.696. The predicted octanol–water partition coefficient (Wildman–Crippen LogP) is 5.16. The van der Waals surface area contributed by atoms with Gasteiger partial charge in [-0.15, -0.1) is 0 Å². The first kappa shape index (κ1) is 26.4. The molecule has 11 heteroatoms. The van der Waals surface area contributed by atoms with Crippen molar-refractivity contribution in [3.63, 3.8) is 0 Å². The molecule has 188 valence electrons. The highest BCUT2D eigenvalue weighted by Crippen LogP contribution is 2.23. The summed E-state index contributed by atoms with van der Waals surface area (Å²) >= 11 is 5.97. The van der Waals surface area contributed by atoms with Crippen LogP contribution in [0.1, 0.15) is 42.3 Å². The molecule has 0 saturated carbocycles. The summed E-state index contributed by atoms with van der Waals surface area (Å²) in [6.45, 7) is 5.54. The SMILES string of the molecule is CC(C)(C)OC(=O)Nc1ccc(Cl)nc1NC(=O)c1ccc(CNC(=O)OCc2cccnc2)cc1. The maximum Gasteiger partial charge on any atom is 0.412 e. The summed E-state index contributed by atoms with van der Waals surface area (Å²) in [6.07, 6.45) is 1.99. The number of amides is 3. The van der Waals surface area contributed by atoms with Crippen LogP contribution in [0.4, 0.5) is 21.1 Å². The Labute approximate surface area is 213 Å². The summed E-state index contributed by atoms with van der Waals surface area (Å²) in [7, 11) is 0. The van der Waals surface area contributed by atoms with Crippen LogP contribution >= 0.6 is 11.6 Å². The molecule has 1 aromatic carbocycles. The van der Waals surface area contributed by atoms with Crippen molar-refractivity contribution < 1.29 is 23.9 Å². The summed E-state index contributed by atoms with van der Waals surface area (Å²) in [5, 5.41) is 7.98. The lowest BCUT2D eigenvalue weighted by molar-refractivity contribution is 0.0635. The molecule has 0 aliphatic rings. The van der Waals surface area contributed by atoms with E-state index in [4.69, 9.17) is 21.1 Å². The van der Waals surface area contributed by atoms with Crippen LogP contribution in [0.25, 0.3) is 0 Å². The van der Waals surface area contributed by atoms with E-state index in [2.05, 4.69) is 25.9 Å². The van der Waals surface area contributed by atoms with Crippen LogP contribution < -0.4 is 16.0 Å². The van der Waals surface area contributed by atoms with E-state index in [1.165, 1.54) is 12.1 Å². The van der Waals surface area contributed by atoms with Gasteiger partial charge in [-0.25, -0.2) is 14.6 Å². The molecule has 0 aliphatic heterocycles. The van der Waals surface area contributed by atoms with Crippen molar-refractivity contribution in [1.82, 2.24) is 15.3 Å². The third kappa shape index (κ3) is 8.55. The fourth-order valence-corrected chi connectivity index (χ4v) is 3.00. The lowest BCUT2D eigenvalue weighted by Gasteiger charge is -2.20. The smallest absolute Gasteiger partial charge is 0.412 e. The third-order valence-electron chi connectivity index (χ3n) is 4.47. The van der Waals surface area contributed by atoms with Gasteiger partial charge in [0, 0.05) is 30.1 Å². The highest BCUT2D eigenvalue weighted by molar-refractivity contribution is 6.29. The molecule has 3 aromatic rings. The van der Waals surface area contributed by atoms with Crippen LogP contribution in [0.2, 0.25) is 5.15 Å². The van der Waals surface area contributed by atoms with Gasteiger partial charge in [0.1, 0.15) is 17.4 Å². The molecule has 0 bridgehead atoms. The molecule has 0 unspecified atom stereocenters. The van der Waals surface area contributed by atoms with Gasteiger partial charge in [0.2, 0.25) is 0 Å². The molecule has 2 heterocycles. The maximum absolute atomic E-state index is 12.8. The van der Waals surface area contributed by atoms with Gasteiger partial charge in [-0.1, -0.05) is 29.8 Å². The monoisotopic (exact) mass is 511 g/mol. The summed E-state index contributed by atoms with van der Waals surface area (Å²) in [5.74, 6) is -0.396. The second kappa shape index (κ2) is 12.0. The van der Waals surface area contributed by atoms with Crippen LogP contribution in [0.3, 0.4) is 0 Å². The normalized spacial score (nSPS) is 10.8. The van der Waals surface area contributed by atoms with E-state index >= 15 is 0 Å². The number of carbonyl (C=O) groups excluding carboxylic acids is 3. The van der Waals surface area contributed by atoms with Crippen molar-refractivity contribution in [3.8, 4) is 0 Å². The van der Waals surface area contributed by atoms with E-state index < -0.39 is 23.7 Å². The molecule has 3 amide bonds. The van der Waals surface area contributed by atoms with Gasteiger partial charge in [-0.05, 0) is 56.7 Å². The maximum atomic E-state index is 12.8. The largest absolute Gasteiger partial charge is 0.445 e. The average Bonchev–Trinajstić information content (AvgIpc) is 2.83. The second-order valence-electron chi connectivity index (χ2n) is 8.60. The van der Waals surface area contributed by atoms with Gasteiger partial charge in [0.05, 0.1) is 5.69 Å². The van der Waals surface area contributed by atoms with Crippen molar-refractivity contribution in [3.05, 3.63) is 82.8 Å². The van der Waals surface area contributed by atoms with Crippen molar-refractivity contribution in [1.29, 1.82) is 0 Å². The zero-order chi connectivity index (χ0) is 26.1. The van der Waals surface area contributed by atoms with E-state index in [0.29, 0.717) is 5.56 Å². The number of aromatic nitrogens is 2. The minimum Gasteiger partial charge on any atom is -0.445 e. The summed E-state index contributed by atoms with van der Waals surface area (Å²) in [5.41, 5.74) is 1.41. The van der Waals surface area contributed by atoms with E-state index in [1.54, 1.807) is 69.6 Å². The molecule has 2 aromatic heterocycles. The Bertz CT molecular complexity index is 1210. The summed E-state index contributed by atoms with van der Waals surface area (Å²) in [4.78, 5) is 44.8. The molecule has 0 saturated heterocycles. The lowest BCUT2D eigenvalue weighted by Crippen LogP contribution is -2.27. The molecule has 3 rings (SSSR count). The van der Waals surface area contributed by atoms with Crippen molar-refractivity contribution in [2.45, 2.75) is 39.5 Å². The third-order valence-corrected chi connectivity index (χ3v) is 4.69. The molecule has 0 aliphatic carbocycles. The molecule has 3 N–H and O–H groups in total. The van der Waals surface area contributed by atoms with Gasteiger partial charge in [-0.3, -0.25) is 15.1 Å². The Morgan fingerprint density at radius 1 is 0.944 bits per heavy atom. The topological polar surface area (TPSA) is 132 Å². The minimum absolute atomic E-state index is 0.0699. The second-order valence-corrected chi connectivity index (χ2v) is 8.99. The number of rotatable bonds is 7. The van der Waals surface area contributed by atoms with Gasteiger partial charge in [-0.2, -0.15) is 0 Å².